The van der Waals surface area contributed by atoms with Gasteiger partial charge in [0, 0.05) is 11.8 Å². The SMILES string of the molecule is COC(=O)C(O)c1cccc2cc[nH]c12. The van der Waals surface area contributed by atoms with E-state index in [4.69, 9.17) is 0 Å². The summed E-state index contributed by atoms with van der Waals surface area (Å²) in [5, 5.41) is 10.7. The Hall–Kier alpha value is -1.81. The number of carbonyl (C=O) groups is 1. The van der Waals surface area contributed by atoms with Gasteiger partial charge in [0.05, 0.1) is 12.6 Å². The number of methoxy groups -OCH3 is 1. The molecular weight excluding hydrogens is 194 g/mol. The standard InChI is InChI=1S/C11H11NO3/c1-15-11(14)10(13)8-4-2-3-7-5-6-12-9(7)8/h2-6,10,12-13H,1H3. The van der Waals surface area contributed by atoms with Crippen molar-refractivity contribution < 1.29 is 14.6 Å². The lowest BCUT2D eigenvalue weighted by molar-refractivity contribution is -0.150. The monoisotopic (exact) mass is 205 g/mol. The van der Waals surface area contributed by atoms with Crippen LogP contribution in [0.2, 0.25) is 0 Å². The van der Waals surface area contributed by atoms with Gasteiger partial charge in [-0.25, -0.2) is 4.79 Å². The van der Waals surface area contributed by atoms with E-state index in [0.717, 1.165) is 10.9 Å². The Kier molecular flexibility index (Phi) is 2.43. The summed E-state index contributed by atoms with van der Waals surface area (Å²) in [6.45, 7) is 0. The van der Waals surface area contributed by atoms with Crippen molar-refractivity contribution in [2.75, 3.05) is 7.11 Å². The number of nitrogens with one attached hydrogen (secondary N) is 1. The van der Waals surface area contributed by atoms with Crippen LogP contribution in [-0.4, -0.2) is 23.2 Å². The van der Waals surface area contributed by atoms with Gasteiger partial charge in [-0.2, -0.15) is 0 Å². The number of aromatic nitrogens is 1. The van der Waals surface area contributed by atoms with E-state index < -0.39 is 12.1 Å². The molecule has 1 aromatic carbocycles. The van der Waals surface area contributed by atoms with E-state index in [1.54, 1.807) is 18.3 Å². The maximum atomic E-state index is 11.2. The van der Waals surface area contributed by atoms with Gasteiger partial charge in [-0.15, -0.1) is 0 Å². The first-order chi connectivity index (χ1) is 7.24. The lowest BCUT2D eigenvalue weighted by Crippen LogP contribution is -2.13. The lowest BCUT2D eigenvalue weighted by atomic mass is 10.1. The van der Waals surface area contributed by atoms with Gasteiger partial charge >= 0.3 is 5.97 Å². The average Bonchev–Trinajstić information content (AvgIpc) is 2.74. The molecule has 2 rings (SSSR count). The summed E-state index contributed by atoms with van der Waals surface area (Å²) in [7, 11) is 1.25. The molecule has 0 aliphatic rings. The zero-order valence-electron chi connectivity index (χ0n) is 8.23. The van der Waals surface area contributed by atoms with Crippen LogP contribution >= 0.6 is 0 Å². The molecule has 1 aromatic heterocycles. The number of para-hydroxylation sites is 1. The molecule has 0 radical (unpaired) electrons. The number of hydrogen-bond acceptors (Lipinski definition) is 3. The van der Waals surface area contributed by atoms with Gasteiger partial charge in [0.25, 0.3) is 0 Å². The number of carbonyl (C=O) groups excluding carboxylic acids is 1. The normalized spacial score (nSPS) is 12.7. The molecule has 2 aromatic rings. The van der Waals surface area contributed by atoms with Crippen molar-refractivity contribution in [2.24, 2.45) is 0 Å². The zero-order valence-corrected chi connectivity index (χ0v) is 8.23. The van der Waals surface area contributed by atoms with E-state index >= 15 is 0 Å². The summed E-state index contributed by atoms with van der Waals surface area (Å²) in [6.07, 6.45) is 0.524. The van der Waals surface area contributed by atoms with Gasteiger partial charge < -0.3 is 14.8 Å². The van der Waals surface area contributed by atoms with Crippen LogP contribution in [0.25, 0.3) is 10.9 Å². The summed E-state index contributed by atoms with van der Waals surface area (Å²) in [5.41, 5.74) is 1.29. The van der Waals surface area contributed by atoms with Crippen LogP contribution in [0, 0.1) is 0 Å². The van der Waals surface area contributed by atoms with Crippen molar-refractivity contribution in [2.45, 2.75) is 6.10 Å². The van der Waals surface area contributed by atoms with Gasteiger partial charge in [-0.3, -0.25) is 0 Å². The van der Waals surface area contributed by atoms with Gasteiger partial charge in [0.15, 0.2) is 6.10 Å². The predicted molar refractivity (Wildman–Crippen MR) is 55.3 cm³/mol. The maximum Gasteiger partial charge on any atom is 0.339 e. The summed E-state index contributed by atoms with van der Waals surface area (Å²) in [4.78, 5) is 14.2. The minimum Gasteiger partial charge on any atom is -0.467 e. The predicted octanol–water partition coefficient (Wildman–Crippen LogP) is 1.37. The largest absolute Gasteiger partial charge is 0.467 e. The first-order valence-electron chi connectivity index (χ1n) is 4.56. The summed E-state index contributed by atoms with van der Waals surface area (Å²) < 4.78 is 4.49. The molecule has 15 heavy (non-hydrogen) atoms. The number of ether oxygens (including phenoxy) is 1. The van der Waals surface area contributed by atoms with Crippen LogP contribution in [0.1, 0.15) is 11.7 Å². The number of aromatic amines is 1. The quantitative estimate of drug-likeness (QED) is 0.728. The number of benzene rings is 1. The smallest absolute Gasteiger partial charge is 0.339 e. The second-order valence-electron chi connectivity index (χ2n) is 3.21. The Morgan fingerprint density at radius 2 is 2.27 bits per heavy atom. The van der Waals surface area contributed by atoms with E-state index in [0.29, 0.717) is 5.56 Å². The van der Waals surface area contributed by atoms with E-state index in [9.17, 15) is 9.90 Å². The number of fused-ring (bicyclic) bond motifs is 1. The van der Waals surface area contributed by atoms with Crippen molar-refractivity contribution in [3.05, 3.63) is 36.0 Å². The van der Waals surface area contributed by atoms with Crippen molar-refractivity contribution in [3.8, 4) is 0 Å². The number of aliphatic hydroxyl groups is 1. The molecule has 0 bridgehead atoms. The highest BCUT2D eigenvalue weighted by molar-refractivity contribution is 5.88. The van der Waals surface area contributed by atoms with Crippen LogP contribution in [-0.2, 0) is 9.53 Å². The van der Waals surface area contributed by atoms with Gasteiger partial charge in [-0.1, -0.05) is 18.2 Å². The zero-order chi connectivity index (χ0) is 10.8. The van der Waals surface area contributed by atoms with Gasteiger partial charge in [-0.05, 0) is 11.5 Å². The summed E-state index contributed by atoms with van der Waals surface area (Å²) >= 11 is 0. The minimum absolute atomic E-state index is 0.532. The molecule has 78 valence electrons. The molecule has 0 aliphatic carbocycles. The van der Waals surface area contributed by atoms with E-state index in [1.807, 2.05) is 12.1 Å². The molecule has 0 spiro atoms. The molecule has 0 saturated heterocycles. The van der Waals surface area contributed by atoms with Crippen LogP contribution in [0.3, 0.4) is 0 Å². The van der Waals surface area contributed by atoms with Crippen LogP contribution in [0.15, 0.2) is 30.5 Å². The van der Waals surface area contributed by atoms with Crippen molar-refractivity contribution >= 4 is 16.9 Å². The Morgan fingerprint density at radius 3 is 3.00 bits per heavy atom. The van der Waals surface area contributed by atoms with Crippen molar-refractivity contribution in [3.63, 3.8) is 0 Å². The van der Waals surface area contributed by atoms with Crippen molar-refractivity contribution in [1.82, 2.24) is 4.98 Å². The fourth-order valence-corrected chi connectivity index (χ4v) is 1.58. The van der Waals surface area contributed by atoms with Gasteiger partial charge in [0.2, 0.25) is 0 Å². The topological polar surface area (TPSA) is 62.3 Å². The third-order valence-corrected chi connectivity index (χ3v) is 2.34. The number of H-pyrrole nitrogens is 1. The molecule has 0 aliphatic heterocycles. The molecule has 1 unspecified atom stereocenters. The molecule has 4 nitrogen and oxygen atoms in total. The highest BCUT2D eigenvalue weighted by atomic mass is 16.5. The molecular formula is C11H11NO3. The molecule has 0 amide bonds. The Morgan fingerprint density at radius 1 is 1.47 bits per heavy atom. The molecule has 2 N–H and O–H groups in total. The van der Waals surface area contributed by atoms with Crippen LogP contribution in [0.4, 0.5) is 0 Å². The van der Waals surface area contributed by atoms with E-state index in [2.05, 4.69) is 9.72 Å². The second kappa shape index (κ2) is 3.74. The van der Waals surface area contributed by atoms with E-state index in [1.165, 1.54) is 7.11 Å². The molecule has 4 heteroatoms. The number of aliphatic hydroxyl groups excluding tert-OH is 1. The Bertz CT molecular complexity index is 489. The summed E-state index contributed by atoms with van der Waals surface area (Å²) in [5.74, 6) is -0.655. The highest BCUT2D eigenvalue weighted by Crippen LogP contribution is 2.23. The highest BCUT2D eigenvalue weighted by Gasteiger charge is 2.20. The molecule has 0 saturated carbocycles. The Labute approximate surface area is 86.5 Å². The average molecular weight is 205 g/mol. The van der Waals surface area contributed by atoms with Crippen molar-refractivity contribution in [1.29, 1.82) is 0 Å². The first kappa shape index (κ1) is 9.73. The summed E-state index contributed by atoms with van der Waals surface area (Å²) in [6, 6.07) is 7.26. The second-order valence-corrected chi connectivity index (χ2v) is 3.21. The molecule has 0 fully saturated rings. The van der Waals surface area contributed by atoms with Gasteiger partial charge in [0.1, 0.15) is 0 Å². The number of rotatable bonds is 2. The first-order valence-corrected chi connectivity index (χ1v) is 4.56. The molecule has 1 heterocycles. The maximum absolute atomic E-state index is 11.2. The third-order valence-electron chi connectivity index (χ3n) is 2.34. The third kappa shape index (κ3) is 1.59. The lowest BCUT2D eigenvalue weighted by Gasteiger charge is -2.09. The number of esters is 1. The van der Waals surface area contributed by atoms with E-state index in [-0.39, 0.29) is 0 Å². The fraction of sp³-hybridized carbons (Fsp3) is 0.182. The number of hydrogen-bond donors (Lipinski definition) is 2. The minimum atomic E-state index is -1.24. The van der Waals surface area contributed by atoms with Crippen LogP contribution < -0.4 is 0 Å². The molecule has 1 atom stereocenters. The fourth-order valence-electron chi connectivity index (χ4n) is 1.58. The van der Waals surface area contributed by atoms with Crippen LogP contribution in [0.5, 0.6) is 0 Å². The Balaban J connectivity index is 2.51.